The molecule has 2 heterocycles. The van der Waals surface area contributed by atoms with Gasteiger partial charge in [-0.25, -0.2) is 4.98 Å². The van der Waals surface area contributed by atoms with E-state index in [9.17, 15) is 4.79 Å². The number of carbonyl (C=O) groups is 1. The number of ether oxygens (including phenoxy) is 1. The van der Waals surface area contributed by atoms with Crippen molar-refractivity contribution in [1.82, 2.24) is 20.4 Å². The van der Waals surface area contributed by atoms with Gasteiger partial charge >= 0.3 is 0 Å². The lowest BCUT2D eigenvalue weighted by Gasteiger charge is -2.10. The predicted octanol–water partition coefficient (Wildman–Crippen LogP) is 4.31. The Labute approximate surface area is 168 Å². The summed E-state index contributed by atoms with van der Waals surface area (Å²) in [7, 11) is 0. The number of pyridine rings is 1. The smallest absolute Gasteiger partial charge is 0.255 e. The maximum atomic E-state index is 12.7. The zero-order valence-corrected chi connectivity index (χ0v) is 16.2. The third kappa shape index (κ3) is 4.40. The fourth-order valence-electron chi connectivity index (χ4n) is 2.82. The molecule has 0 unspecified atom stereocenters. The molecular weight excluding hydrogens is 366 g/mol. The Morgan fingerprint density at radius 2 is 1.93 bits per heavy atom. The van der Waals surface area contributed by atoms with Crippen molar-refractivity contribution in [3.8, 4) is 17.0 Å². The van der Waals surface area contributed by atoms with E-state index in [0.717, 1.165) is 22.5 Å². The molecule has 29 heavy (non-hydrogen) atoms. The second-order valence-electron chi connectivity index (χ2n) is 7.14. The SMILES string of the molecule is CC(C)COc1ccc(NC(=O)c2cccc(-c3ccc4[nH]nnc4n3)c2)cc1. The first-order valence-corrected chi connectivity index (χ1v) is 9.41. The van der Waals surface area contributed by atoms with Crippen molar-refractivity contribution in [2.45, 2.75) is 13.8 Å². The lowest BCUT2D eigenvalue weighted by atomic mass is 10.1. The number of hydrogen-bond acceptors (Lipinski definition) is 5. The Bertz CT molecular complexity index is 1140. The molecule has 0 spiro atoms. The van der Waals surface area contributed by atoms with Gasteiger partial charge in [-0.3, -0.25) is 9.89 Å². The first-order chi connectivity index (χ1) is 14.1. The largest absolute Gasteiger partial charge is 0.493 e. The minimum absolute atomic E-state index is 0.190. The summed E-state index contributed by atoms with van der Waals surface area (Å²) < 4.78 is 5.67. The molecule has 7 heteroatoms. The van der Waals surface area contributed by atoms with Crippen molar-refractivity contribution in [2.24, 2.45) is 5.92 Å². The molecule has 0 radical (unpaired) electrons. The number of nitrogens with zero attached hydrogens (tertiary/aromatic N) is 3. The summed E-state index contributed by atoms with van der Waals surface area (Å²) in [6, 6.07) is 18.4. The summed E-state index contributed by atoms with van der Waals surface area (Å²) in [5.41, 5.74) is 4.12. The Kier molecular flexibility index (Phi) is 5.20. The molecule has 0 fully saturated rings. The standard InChI is InChI=1S/C22H21N5O2/c1-14(2)13-29-18-8-6-17(7-9-18)23-22(28)16-5-3-4-15(12-16)19-10-11-20-21(24-19)26-27-25-20/h3-12,14H,13H2,1-2H3,(H,23,28)(H,24,25,26,27). The van der Waals surface area contributed by atoms with E-state index in [1.54, 1.807) is 6.07 Å². The van der Waals surface area contributed by atoms with E-state index in [1.165, 1.54) is 0 Å². The first kappa shape index (κ1) is 18.6. The maximum Gasteiger partial charge on any atom is 0.255 e. The Morgan fingerprint density at radius 3 is 2.72 bits per heavy atom. The van der Waals surface area contributed by atoms with Crippen LogP contribution >= 0.6 is 0 Å². The number of anilines is 1. The van der Waals surface area contributed by atoms with E-state index >= 15 is 0 Å². The Balaban J connectivity index is 1.48. The molecule has 4 aromatic rings. The molecule has 7 nitrogen and oxygen atoms in total. The van der Waals surface area contributed by atoms with Crippen molar-refractivity contribution in [3.63, 3.8) is 0 Å². The lowest BCUT2D eigenvalue weighted by molar-refractivity contribution is 0.102. The molecule has 2 aromatic carbocycles. The molecular formula is C22H21N5O2. The van der Waals surface area contributed by atoms with Gasteiger partial charge in [0.2, 0.25) is 5.65 Å². The zero-order valence-electron chi connectivity index (χ0n) is 16.2. The molecule has 0 saturated carbocycles. The molecule has 146 valence electrons. The topological polar surface area (TPSA) is 92.8 Å². The van der Waals surface area contributed by atoms with Crippen LogP contribution in [-0.2, 0) is 0 Å². The minimum Gasteiger partial charge on any atom is -0.493 e. The summed E-state index contributed by atoms with van der Waals surface area (Å²) in [4.78, 5) is 17.2. The van der Waals surface area contributed by atoms with Crippen LogP contribution in [0.15, 0.2) is 60.7 Å². The molecule has 0 bridgehead atoms. The van der Waals surface area contributed by atoms with Gasteiger partial charge in [0.25, 0.3) is 5.91 Å². The van der Waals surface area contributed by atoms with Crippen molar-refractivity contribution in [3.05, 3.63) is 66.2 Å². The van der Waals surface area contributed by atoms with Crippen LogP contribution in [0.3, 0.4) is 0 Å². The number of carbonyl (C=O) groups excluding carboxylic acids is 1. The molecule has 0 saturated heterocycles. The number of fused-ring (bicyclic) bond motifs is 1. The van der Waals surface area contributed by atoms with Gasteiger partial charge in [0.15, 0.2) is 0 Å². The van der Waals surface area contributed by atoms with Crippen molar-refractivity contribution >= 4 is 22.8 Å². The molecule has 0 aliphatic rings. The van der Waals surface area contributed by atoms with Crippen LogP contribution in [0.25, 0.3) is 22.4 Å². The van der Waals surface area contributed by atoms with Crippen LogP contribution in [0.5, 0.6) is 5.75 Å². The van der Waals surface area contributed by atoms with Crippen LogP contribution in [0.1, 0.15) is 24.2 Å². The van der Waals surface area contributed by atoms with Crippen LogP contribution in [0.4, 0.5) is 5.69 Å². The van der Waals surface area contributed by atoms with Crippen LogP contribution < -0.4 is 10.1 Å². The highest BCUT2D eigenvalue weighted by Gasteiger charge is 2.10. The number of benzene rings is 2. The van der Waals surface area contributed by atoms with Crippen molar-refractivity contribution < 1.29 is 9.53 Å². The lowest BCUT2D eigenvalue weighted by Crippen LogP contribution is -2.12. The normalized spacial score (nSPS) is 11.0. The Morgan fingerprint density at radius 1 is 1.10 bits per heavy atom. The highest BCUT2D eigenvalue weighted by Crippen LogP contribution is 2.22. The van der Waals surface area contributed by atoms with E-state index in [-0.39, 0.29) is 5.91 Å². The molecule has 1 amide bonds. The van der Waals surface area contributed by atoms with E-state index in [1.807, 2.05) is 54.6 Å². The van der Waals surface area contributed by atoms with Crippen LogP contribution in [0, 0.1) is 5.92 Å². The Hall–Kier alpha value is -3.74. The average Bonchev–Trinajstić information content (AvgIpc) is 3.21. The van der Waals surface area contributed by atoms with Gasteiger partial charge < -0.3 is 10.1 Å². The summed E-state index contributed by atoms with van der Waals surface area (Å²) >= 11 is 0. The maximum absolute atomic E-state index is 12.7. The second kappa shape index (κ2) is 8.10. The number of hydrogen-bond donors (Lipinski definition) is 2. The monoisotopic (exact) mass is 387 g/mol. The molecule has 2 N–H and O–H groups in total. The number of H-pyrrole nitrogens is 1. The predicted molar refractivity (Wildman–Crippen MR) is 112 cm³/mol. The number of aromatic nitrogens is 4. The van der Waals surface area contributed by atoms with Crippen LogP contribution in [0.2, 0.25) is 0 Å². The quantitative estimate of drug-likeness (QED) is 0.514. The van der Waals surface area contributed by atoms with Crippen molar-refractivity contribution in [1.29, 1.82) is 0 Å². The molecule has 0 aliphatic heterocycles. The summed E-state index contributed by atoms with van der Waals surface area (Å²) in [6.45, 7) is 4.86. The first-order valence-electron chi connectivity index (χ1n) is 9.41. The number of aromatic amines is 1. The highest BCUT2D eigenvalue weighted by molar-refractivity contribution is 6.05. The van der Waals surface area contributed by atoms with E-state index in [4.69, 9.17) is 4.74 Å². The number of rotatable bonds is 6. The van der Waals surface area contributed by atoms with Gasteiger partial charge in [-0.1, -0.05) is 31.2 Å². The highest BCUT2D eigenvalue weighted by atomic mass is 16.5. The van der Waals surface area contributed by atoms with E-state index < -0.39 is 0 Å². The van der Waals surface area contributed by atoms with Gasteiger partial charge in [0.05, 0.1) is 12.3 Å². The fourth-order valence-corrected chi connectivity index (χ4v) is 2.82. The molecule has 0 aliphatic carbocycles. The third-order valence-electron chi connectivity index (χ3n) is 4.31. The summed E-state index contributed by atoms with van der Waals surface area (Å²) in [5.74, 6) is 1.05. The molecule has 0 atom stereocenters. The fraction of sp³-hybridized carbons (Fsp3) is 0.182. The summed E-state index contributed by atoms with van der Waals surface area (Å²) in [6.07, 6.45) is 0. The number of nitrogens with one attached hydrogen (secondary N) is 2. The van der Waals surface area contributed by atoms with Gasteiger partial charge in [0, 0.05) is 16.8 Å². The summed E-state index contributed by atoms with van der Waals surface area (Å²) in [5, 5.41) is 13.4. The minimum atomic E-state index is -0.190. The van der Waals surface area contributed by atoms with Crippen molar-refractivity contribution in [2.75, 3.05) is 11.9 Å². The molecule has 2 aromatic heterocycles. The van der Waals surface area contributed by atoms with Crippen LogP contribution in [-0.4, -0.2) is 32.9 Å². The van der Waals surface area contributed by atoms with Gasteiger partial charge in [-0.05, 0) is 54.4 Å². The zero-order chi connectivity index (χ0) is 20.2. The number of amides is 1. The van der Waals surface area contributed by atoms with Gasteiger partial charge in [-0.15, -0.1) is 5.10 Å². The third-order valence-corrected chi connectivity index (χ3v) is 4.31. The molecule has 4 rings (SSSR count). The van der Waals surface area contributed by atoms with E-state index in [0.29, 0.717) is 29.4 Å². The second-order valence-corrected chi connectivity index (χ2v) is 7.14. The van der Waals surface area contributed by atoms with Gasteiger partial charge in [0.1, 0.15) is 11.3 Å². The average molecular weight is 387 g/mol. The van der Waals surface area contributed by atoms with Gasteiger partial charge in [-0.2, -0.15) is 0 Å². The van der Waals surface area contributed by atoms with E-state index in [2.05, 4.69) is 39.6 Å².